The van der Waals surface area contributed by atoms with Gasteiger partial charge in [0, 0.05) is 21.2 Å². The summed E-state index contributed by atoms with van der Waals surface area (Å²) in [6.07, 6.45) is 0.689. The first-order chi connectivity index (χ1) is 9.04. The van der Waals surface area contributed by atoms with Crippen molar-refractivity contribution in [2.24, 2.45) is 5.73 Å². The molecule has 0 fully saturated rings. The molecule has 0 spiro atoms. The van der Waals surface area contributed by atoms with Crippen LogP contribution in [0.25, 0.3) is 11.0 Å². The molecule has 1 atom stereocenters. The summed E-state index contributed by atoms with van der Waals surface area (Å²) in [6.45, 7) is 2.04. The summed E-state index contributed by atoms with van der Waals surface area (Å²) in [5.41, 5.74) is 8.07. The third kappa shape index (κ3) is 2.59. The molecule has 19 heavy (non-hydrogen) atoms. The topological polar surface area (TPSA) is 54.7 Å². The number of aromatic nitrogens is 2. The van der Waals surface area contributed by atoms with Gasteiger partial charge in [0.25, 0.3) is 0 Å². The van der Waals surface area contributed by atoms with E-state index in [1.54, 1.807) is 11.3 Å². The monoisotopic (exact) mass is 335 g/mol. The predicted octanol–water partition coefficient (Wildman–Crippen LogP) is 3.80. The van der Waals surface area contributed by atoms with Gasteiger partial charge in [-0.3, -0.25) is 0 Å². The molecule has 0 aliphatic heterocycles. The number of thiophene rings is 1. The van der Waals surface area contributed by atoms with E-state index in [4.69, 9.17) is 5.73 Å². The minimum absolute atomic E-state index is 0.412. The second-order valence-electron chi connectivity index (χ2n) is 4.92. The van der Waals surface area contributed by atoms with E-state index >= 15 is 0 Å². The number of nitrogens with one attached hydrogen (secondary N) is 1. The lowest BCUT2D eigenvalue weighted by atomic mass is 9.97. The van der Waals surface area contributed by atoms with Gasteiger partial charge in [-0.1, -0.05) is 12.1 Å². The van der Waals surface area contributed by atoms with Gasteiger partial charge in [-0.2, -0.15) is 0 Å². The first kappa shape index (κ1) is 12.8. The van der Waals surface area contributed by atoms with Gasteiger partial charge in [0.2, 0.25) is 0 Å². The van der Waals surface area contributed by atoms with Crippen molar-refractivity contribution in [1.82, 2.24) is 9.97 Å². The summed E-state index contributed by atoms with van der Waals surface area (Å²) in [5.74, 6) is 0.927. The van der Waals surface area contributed by atoms with E-state index in [-0.39, 0.29) is 0 Å². The van der Waals surface area contributed by atoms with E-state index in [1.807, 2.05) is 31.2 Å². The summed E-state index contributed by atoms with van der Waals surface area (Å²) in [4.78, 5) is 9.07. The molecule has 0 saturated carbocycles. The molecular formula is C14H14BrN3S. The Labute approximate surface area is 124 Å². The number of benzene rings is 1. The number of H-pyrrole nitrogens is 1. The van der Waals surface area contributed by atoms with Gasteiger partial charge in [-0.15, -0.1) is 11.3 Å². The van der Waals surface area contributed by atoms with Crippen molar-refractivity contribution in [2.45, 2.75) is 18.9 Å². The summed E-state index contributed by atoms with van der Waals surface area (Å²) in [6, 6.07) is 10.1. The number of aromatic amines is 1. The van der Waals surface area contributed by atoms with E-state index in [2.05, 4.69) is 37.3 Å². The molecule has 0 bridgehead atoms. The van der Waals surface area contributed by atoms with Crippen LogP contribution in [0.2, 0.25) is 0 Å². The number of imidazole rings is 1. The van der Waals surface area contributed by atoms with Crippen LogP contribution in [-0.4, -0.2) is 9.97 Å². The Morgan fingerprint density at radius 2 is 2.21 bits per heavy atom. The molecule has 0 amide bonds. The molecule has 2 aromatic heterocycles. The molecular weight excluding hydrogens is 322 g/mol. The van der Waals surface area contributed by atoms with Gasteiger partial charge in [0.15, 0.2) is 0 Å². The number of nitrogens with two attached hydrogens (primary N) is 1. The molecule has 2 heterocycles. The molecule has 0 saturated heterocycles. The molecule has 0 aliphatic carbocycles. The first-order valence-electron chi connectivity index (χ1n) is 6.02. The van der Waals surface area contributed by atoms with Gasteiger partial charge in [-0.25, -0.2) is 4.98 Å². The van der Waals surface area contributed by atoms with Crippen LogP contribution < -0.4 is 5.73 Å². The third-order valence-corrected chi connectivity index (χ3v) is 5.07. The Hall–Kier alpha value is -1.17. The molecule has 1 unspecified atom stereocenters. The molecule has 3 rings (SSSR count). The van der Waals surface area contributed by atoms with E-state index in [1.165, 1.54) is 0 Å². The second kappa shape index (κ2) is 4.74. The number of hydrogen-bond acceptors (Lipinski definition) is 3. The van der Waals surface area contributed by atoms with Gasteiger partial charge >= 0.3 is 0 Å². The van der Waals surface area contributed by atoms with Gasteiger partial charge in [0.1, 0.15) is 5.82 Å². The highest BCUT2D eigenvalue weighted by Crippen LogP contribution is 2.30. The summed E-state index contributed by atoms with van der Waals surface area (Å²) >= 11 is 5.14. The zero-order valence-electron chi connectivity index (χ0n) is 10.5. The Kier molecular flexibility index (Phi) is 3.20. The van der Waals surface area contributed by atoms with Gasteiger partial charge in [-0.05, 0) is 41.1 Å². The SMILES string of the molecule is CC(N)(Cc1nc2ccccc2[nH]1)c1cc(Br)cs1. The van der Waals surface area contributed by atoms with Crippen molar-refractivity contribution in [3.05, 3.63) is 50.9 Å². The van der Waals surface area contributed by atoms with Crippen LogP contribution in [0.4, 0.5) is 0 Å². The van der Waals surface area contributed by atoms with Crippen LogP contribution in [0, 0.1) is 0 Å². The maximum atomic E-state index is 6.43. The highest BCUT2D eigenvalue weighted by atomic mass is 79.9. The average molecular weight is 336 g/mol. The van der Waals surface area contributed by atoms with Gasteiger partial charge in [0.05, 0.1) is 16.6 Å². The second-order valence-corrected chi connectivity index (χ2v) is 6.75. The maximum absolute atomic E-state index is 6.43. The van der Waals surface area contributed by atoms with E-state index < -0.39 is 5.54 Å². The average Bonchev–Trinajstić information content (AvgIpc) is 2.94. The molecule has 5 heteroatoms. The van der Waals surface area contributed by atoms with E-state index in [9.17, 15) is 0 Å². The molecule has 1 aromatic carbocycles. The molecule has 98 valence electrons. The zero-order chi connectivity index (χ0) is 13.5. The Morgan fingerprint density at radius 3 is 2.89 bits per heavy atom. The number of halogens is 1. The molecule has 0 radical (unpaired) electrons. The standard InChI is InChI=1S/C14H14BrN3S/c1-14(16,12-6-9(15)8-19-12)7-13-17-10-4-2-3-5-11(10)18-13/h2-6,8H,7,16H2,1H3,(H,17,18). The summed E-state index contributed by atoms with van der Waals surface area (Å²) < 4.78 is 1.08. The fourth-order valence-corrected chi connectivity index (χ4v) is 3.64. The Balaban J connectivity index is 1.91. The molecule has 3 nitrogen and oxygen atoms in total. The van der Waals surface area contributed by atoms with Gasteiger partial charge < -0.3 is 10.7 Å². The lowest BCUT2D eigenvalue weighted by Gasteiger charge is -2.21. The van der Waals surface area contributed by atoms with Crippen LogP contribution in [-0.2, 0) is 12.0 Å². The largest absolute Gasteiger partial charge is 0.342 e. The number of nitrogens with zero attached hydrogens (tertiary/aromatic N) is 1. The van der Waals surface area contributed by atoms with Crippen molar-refractivity contribution in [2.75, 3.05) is 0 Å². The van der Waals surface area contributed by atoms with Crippen molar-refractivity contribution in [3.63, 3.8) is 0 Å². The lowest BCUT2D eigenvalue weighted by molar-refractivity contribution is 0.490. The van der Waals surface area contributed by atoms with Crippen molar-refractivity contribution >= 4 is 38.3 Å². The quantitative estimate of drug-likeness (QED) is 0.764. The minimum Gasteiger partial charge on any atom is -0.342 e. The highest BCUT2D eigenvalue weighted by molar-refractivity contribution is 9.10. The van der Waals surface area contributed by atoms with Crippen molar-refractivity contribution in [3.8, 4) is 0 Å². The smallest absolute Gasteiger partial charge is 0.109 e. The third-order valence-electron chi connectivity index (χ3n) is 3.10. The van der Waals surface area contributed by atoms with Crippen molar-refractivity contribution in [1.29, 1.82) is 0 Å². The van der Waals surface area contributed by atoms with E-state index in [0.29, 0.717) is 6.42 Å². The zero-order valence-corrected chi connectivity index (χ0v) is 12.9. The highest BCUT2D eigenvalue weighted by Gasteiger charge is 2.25. The number of hydrogen-bond donors (Lipinski definition) is 2. The first-order valence-corrected chi connectivity index (χ1v) is 7.69. The van der Waals surface area contributed by atoms with Crippen LogP contribution in [0.1, 0.15) is 17.6 Å². The maximum Gasteiger partial charge on any atom is 0.109 e. The molecule has 0 aliphatic rings. The van der Waals surface area contributed by atoms with Crippen LogP contribution in [0.3, 0.4) is 0 Å². The van der Waals surface area contributed by atoms with Crippen LogP contribution in [0.15, 0.2) is 40.2 Å². The fourth-order valence-electron chi connectivity index (χ4n) is 2.14. The number of para-hydroxylation sites is 2. The molecule has 3 N–H and O–H groups in total. The summed E-state index contributed by atoms with van der Waals surface area (Å²) in [5, 5.41) is 2.05. The Bertz CT molecular complexity index is 681. The number of rotatable bonds is 3. The van der Waals surface area contributed by atoms with Crippen LogP contribution >= 0.6 is 27.3 Å². The lowest BCUT2D eigenvalue weighted by Crippen LogP contribution is -2.34. The van der Waals surface area contributed by atoms with Crippen molar-refractivity contribution < 1.29 is 0 Å². The Morgan fingerprint density at radius 1 is 1.42 bits per heavy atom. The van der Waals surface area contributed by atoms with Crippen LogP contribution in [0.5, 0.6) is 0 Å². The minimum atomic E-state index is -0.412. The number of fused-ring (bicyclic) bond motifs is 1. The fraction of sp³-hybridized carbons (Fsp3) is 0.214. The normalized spacial score (nSPS) is 14.7. The summed E-state index contributed by atoms with van der Waals surface area (Å²) in [7, 11) is 0. The molecule has 3 aromatic rings. The predicted molar refractivity (Wildman–Crippen MR) is 83.4 cm³/mol. The van der Waals surface area contributed by atoms with E-state index in [0.717, 1.165) is 26.2 Å².